The first-order valence-electron chi connectivity index (χ1n) is 6.46. The molecule has 0 aliphatic heterocycles. The van der Waals surface area contributed by atoms with E-state index in [1.165, 1.54) is 0 Å². The van der Waals surface area contributed by atoms with Gasteiger partial charge >= 0.3 is 0 Å². The van der Waals surface area contributed by atoms with Crippen molar-refractivity contribution in [2.45, 2.75) is 25.3 Å². The van der Waals surface area contributed by atoms with Crippen LogP contribution in [0.5, 0.6) is 0 Å². The Morgan fingerprint density at radius 1 is 1.44 bits per heavy atom. The van der Waals surface area contributed by atoms with E-state index in [4.69, 9.17) is 5.73 Å². The molecule has 0 bridgehead atoms. The van der Waals surface area contributed by atoms with Gasteiger partial charge in [-0.15, -0.1) is 0 Å². The number of rotatable bonds is 6. The number of likely N-dealkylation sites (N-methyl/N-ethyl adjacent to an activating group) is 1. The van der Waals surface area contributed by atoms with Crippen LogP contribution in [0.3, 0.4) is 0 Å². The van der Waals surface area contributed by atoms with Gasteiger partial charge in [-0.25, -0.2) is 0 Å². The van der Waals surface area contributed by atoms with Crippen LogP contribution in [0.1, 0.15) is 18.4 Å². The average molecular weight is 247 g/mol. The number of hydrogen-bond acceptors (Lipinski definition) is 3. The fraction of sp³-hybridized carbons (Fsp3) is 0.500. The monoisotopic (exact) mass is 247 g/mol. The minimum atomic E-state index is 0.126. The highest BCUT2D eigenvalue weighted by Crippen LogP contribution is 2.18. The zero-order valence-electron chi connectivity index (χ0n) is 10.9. The molecule has 0 atom stereocenters. The standard InChI is InChI=1S/C14H21N3O/c1-17(10-14(18)16-12-6-7-12)9-8-11-4-2-3-5-13(11)15/h2-5,12H,6-10,15H2,1H3,(H,16,18). The Labute approximate surface area is 108 Å². The highest BCUT2D eigenvalue weighted by atomic mass is 16.2. The second kappa shape index (κ2) is 5.87. The molecular weight excluding hydrogens is 226 g/mol. The summed E-state index contributed by atoms with van der Waals surface area (Å²) >= 11 is 0. The van der Waals surface area contributed by atoms with Crippen molar-refractivity contribution in [3.63, 3.8) is 0 Å². The normalized spacial score (nSPS) is 14.8. The lowest BCUT2D eigenvalue weighted by molar-refractivity contribution is -0.122. The van der Waals surface area contributed by atoms with E-state index in [0.29, 0.717) is 12.6 Å². The number of carbonyl (C=O) groups is 1. The topological polar surface area (TPSA) is 58.4 Å². The van der Waals surface area contributed by atoms with Crippen molar-refractivity contribution in [1.82, 2.24) is 10.2 Å². The van der Waals surface area contributed by atoms with E-state index in [9.17, 15) is 4.79 Å². The zero-order valence-corrected chi connectivity index (χ0v) is 10.9. The molecule has 1 aromatic carbocycles. The molecule has 0 unspecified atom stereocenters. The Morgan fingerprint density at radius 2 is 2.17 bits per heavy atom. The number of nitrogens with zero attached hydrogens (tertiary/aromatic N) is 1. The first-order valence-corrected chi connectivity index (χ1v) is 6.46. The Balaban J connectivity index is 1.72. The van der Waals surface area contributed by atoms with Crippen LogP contribution in [0.4, 0.5) is 5.69 Å². The quantitative estimate of drug-likeness (QED) is 0.738. The van der Waals surface area contributed by atoms with Gasteiger partial charge in [-0.3, -0.25) is 9.69 Å². The van der Waals surface area contributed by atoms with Crippen LogP contribution in [0.2, 0.25) is 0 Å². The molecule has 3 N–H and O–H groups in total. The number of anilines is 1. The molecule has 98 valence electrons. The SMILES string of the molecule is CN(CCc1ccccc1N)CC(=O)NC1CC1. The van der Waals surface area contributed by atoms with Crippen molar-refractivity contribution in [2.75, 3.05) is 25.9 Å². The second-order valence-corrected chi connectivity index (χ2v) is 5.03. The van der Waals surface area contributed by atoms with Crippen molar-refractivity contribution in [3.05, 3.63) is 29.8 Å². The van der Waals surface area contributed by atoms with Gasteiger partial charge in [0, 0.05) is 18.3 Å². The molecule has 0 spiro atoms. The molecule has 4 nitrogen and oxygen atoms in total. The maximum absolute atomic E-state index is 11.6. The van der Waals surface area contributed by atoms with Gasteiger partial charge in [0.05, 0.1) is 6.54 Å². The van der Waals surface area contributed by atoms with Crippen LogP contribution in [0.15, 0.2) is 24.3 Å². The predicted molar refractivity (Wildman–Crippen MR) is 73.2 cm³/mol. The predicted octanol–water partition coefficient (Wildman–Crippen LogP) is 1.02. The molecule has 18 heavy (non-hydrogen) atoms. The third-order valence-corrected chi connectivity index (χ3v) is 3.17. The van der Waals surface area contributed by atoms with E-state index in [2.05, 4.69) is 5.32 Å². The summed E-state index contributed by atoms with van der Waals surface area (Å²) in [6, 6.07) is 8.32. The number of nitrogen functional groups attached to an aromatic ring is 1. The highest BCUT2D eigenvalue weighted by molar-refractivity contribution is 5.78. The maximum atomic E-state index is 11.6. The molecule has 0 heterocycles. The number of hydrogen-bond donors (Lipinski definition) is 2. The van der Waals surface area contributed by atoms with Crippen LogP contribution in [0.25, 0.3) is 0 Å². The number of amides is 1. The molecule has 0 radical (unpaired) electrons. The number of benzene rings is 1. The van der Waals surface area contributed by atoms with E-state index < -0.39 is 0 Å². The van der Waals surface area contributed by atoms with Gasteiger partial charge in [0.15, 0.2) is 0 Å². The molecule has 4 heteroatoms. The Bertz CT molecular complexity index is 415. The fourth-order valence-corrected chi connectivity index (χ4v) is 1.90. The van der Waals surface area contributed by atoms with Gasteiger partial charge in [-0.1, -0.05) is 18.2 Å². The molecule has 1 fully saturated rings. The largest absolute Gasteiger partial charge is 0.399 e. The van der Waals surface area contributed by atoms with Crippen molar-refractivity contribution < 1.29 is 4.79 Å². The van der Waals surface area contributed by atoms with Gasteiger partial charge in [-0.2, -0.15) is 0 Å². The molecule has 1 saturated carbocycles. The first-order chi connectivity index (χ1) is 8.65. The van der Waals surface area contributed by atoms with Crippen LogP contribution in [-0.2, 0) is 11.2 Å². The van der Waals surface area contributed by atoms with E-state index >= 15 is 0 Å². The maximum Gasteiger partial charge on any atom is 0.234 e. The molecular formula is C14H21N3O. The van der Waals surface area contributed by atoms with Crippen molar-refractivity contribution in [1.29, 1.82) is 0 Å². The fourth-order valence-electron chi connectivity index (χ4n) is 1.90. The molecule has 1 aliphatic carbocycles. The summed E-state index contributed by atoms with van der Waals surface area (Å²) in [5.74, 6) is 0.126. The minimum Gasteiger partial charge on any atom is -0.399 e. The summed E-state index contributed by atoms with van der Waals surface area (Å²) in [4.78, 5) is 13.6. The third-order valence-electron chi connectivity index (χ3n) is 3.17. The van der Waals surface area contributed by atoms with Crippen molar-refractivity contribution >= 4 is 11.6 Å². The number of nitrogens with one attached hydrogen (secondary N) is 1. The van der Waals surface area contributed by atoms with Crippen LogP contribution in [0, 0.1) is 0 Å². The zero-order chi connectivity index (χ0) is 13.0. The number of nitrogens with two attached hydrogens (primary N) is 1. The van der Waals surface area contributed by atoms with Crippen LogP contribution < -0.4 is 11.1 Å². The number of para-hydroxylation sites is 1. The lowest BCUT2D eigenvalue weighted by atomic mass is 10.1. The number of carbonyl (C=O) groups excluding carboxylic acids is 1. The summed E-state index contributed by atoms with van der Waals surface area (Å²) < 4.78 is 0. The molecule has 1 amide bonds. The third kappa shape index (κ3) is 4.04. The van der Waals surface area contributed by atoms with Gasteiger partial charge < -0.3 is 11.1 Å². The summed E-state index contributed by atoms with van der Waals surface area (Å²) in [6.07, 6.45) is 3.14. The van der Waals surface area contributed by atoms with Crippen molar-refractivity contribution in [3.8, 4) is 0 Å². The Morgan fingerprint density at radius 3 is 2.83 bits per heavy atom. The molecule has 1 aromatic rings. The average Bonchev–Trinajstić information content (AvgIpc) is 3.11. The van der Waals surface area contributed by atoms with Crippen molar-refractivity contribution in [2.24, 2.45) is 0 Å². The van der Waals surface area contributed by atoms with E-state index in [1.54, 1.807) is 0 Å². The molecule has 0 aromatic heterocycles. The van der Waals surface area contributed by atoms with Gasteiger partial charge in [0.1, 0.15) is 0 Å². The van der Waals surface area contributed by atoms with Gasteiger partial charge in [-0.05, 0) is 37.9 Å². The summed E-state index contributed by atoms with van der Waals surface area (Å²) in [7, 11) is 1.96. The second-order valence-electron chi connectivity index (χ2n) is 5.03. The molecule has 0 saturated heterocycles. The minimum absolute atomic E-state index is 0.126. The van der Waals surface area contributed by atoms with E-state index in [-0.39, 0.29) is 5.91 Å². The smallest absolute Gasteiger partial charge is 0.234 e. The van der Waals surface area contributed by atoms with Gasteiger partial charge in [0.2, 0.25) is 5.91 Å². The van der Waals surface area contributed by atoms with E-state index in [1.807, 2.05) is 36.2 Å². The first kappa shape index (κ1) is 12.9. The molecule has 1 aliphatic rings. The Kier molecular flexibility index (Phi) is 4.20. The lowest BCUT2D eigenvalue weighted by Gasteiger charge is -2.16. The highest BCUT2D eigenvalue weighted by Gasteiger charge is 2.23. The summed E-state index contributed by atoms with van der Waals surface area (Å²) in [5.41, 5.74) is 7.86. The Hall–Kier alpha value is -1.55. The van der Waals surface area contributed by atoms with Crippen LogP contribution >= 0.6 is 0 Å². The summed E-state index contributed by atoms with van der Waals surface area (Å²) in [5, 5.41) is 2.99. The lowest BCUT2D eigenvalue weighted by Crippen LogP contribution is -2.37. The van der Waals surface area contributed by atoms with Crippen LogP contribution in [-0.4, -0.2) is 37.0 Å². The van der Waals surface area contributed by atoms with Gasteiger partial charge in [0.25, 0.3) is 0 Å². The van der Waals surface area contributed by atoms with E-state index in [0.717, 1.165) is 37.1 Å². The summed E-state index contributed by atoms with van der Waals surface area (Å²) in [6.45, 7) is 1.30. The molecule has 2 rings (SSSR count).